The van der Waals surface area contributed by atoms with E-state index in [0.29, 0.717) is 18.8 Å². The topological polar surface area (TPSA) is 35.9 Å². The van der Waals surface area contributed by atoms with E-state index in [0.717, 1.165) is 32.1 Å². The van der Waals surface area contributed by atoms with E-state index in [2.05, 4.69) is 30.6 Å². The Kier molecular flexibility index (Phi) is 5.45. The Morgan fingerprint density at radius 1 is 1.18 bits per heavy atom. The van der Waals surface area contributed by atoms with Gasteiger partial charge in [0.1, 0.15) is 5.82 Å². The molecule has 4 rings (SSSR count). The lowest BCUT2D eigenvalue weighted by Gasteiger charge is -2.43. The molecular weight excluding hydrogens is 355 g/mol. The molecule has 4 atom stereocenters. The maximum Gasteiger partial charge on any atom is 0.146 e. The third kappa shape index (κ3) is 3.69. The van der Waals surface area contributed by atoms with Crippen LogP contribution in [0.4, 0.5) is 10.1 Å². The molecule has 2 aliphatic carbocycles. The second-order valence-corrected chi connectivity index (χ2v) is 10.0. The highest BCUT2D eigenvalue weighted by atomic mass is 19.1. The number of aliphatic hydroxyl groups is 1. The van der Waals surface area contributed by atoms with Crippen molar-refractivity contribution in [2.45, 2.75) is 52.2 Å². The Balaban J connectivity index is 1.24. The maximum absolute atomic E-state index is 14.0. The second-order valence-electron chi connectivity index (χ2n) is 10.0. The first-order valence-corrected chi connectivity index (χ1v) is 10.8. The molecule has 3 aliphatic rings. The second kappa shape index (κ2) is 7.58. The minimum atomic E-state index is -0.474. The van der Waals surface area contributed by atoms with Crippen molar-refractivity contribution in [3.05, 3.63) is 30.1 Å². The number of anilines is 1. The number of hydrogen-bond acceptors (Lipinski definition) is 4. The van der Waals surface area contributed by atoms with Crippen molar-refractivity contribution >= 4 is 5.69 Å². The zero-order valence-electron chi connectivity index (χ0n) is 17.5. The largest absolute Gasteiger partial charge is 0.389 e. The normalized spacial score (nSPS) is 33.4. The summed E-state index contributed by atoms with van der Waals surface area (Å²) in [5, 5.41) is 10.6. The van der Waals surface area contributed by atoms with Crippen molar-refractivity contribution in [1.82, 2.24) is 4.90 Å². The molecule has 1 heterocycles. The fourth-order valence-electron chi connectivity index (χ4n) is 6.11. The predicted octanol–water partition coefficient (Wildman–Crippen LogP) is 3.54. The molecule has 0 unspecified atom stereocenters. The standard InChI is InChI=1S/C23H35FN2O2/c1-22(2)17-8-9-23(3,14-17)21(22)28-16-18(27)15-25-10-12-26(13-11-25)20-7-5-4-6-19(20)24/h4-7,17-18,21,27H,8-16H2,1-3H3/t17-,18-,21-,23-/m1/s1. The van der Waals surface area contributed by atoms with Crippen molar-refractivity contribution in [2.24, 2.45) is 16.7 Å². The molecule has 0 spiro atoms. The fraction of sp³-hybridized carbons (Fsp3) is 0.739. The van der Waals surface area contributed by atoms with Crippen molar-refractivity contribution in [2.75, 3.05) is 44.2 Å². The zero-order chi connectivity index (χ0) is 19.9. The molecule has 28 heavy (non-hydrogen) atoms. The summed E-state index contributed by atoms with van der Waals surface area (Å²) >= 11 is 0. The summed E-state index contributed by atoms with van der Waals surface area (Å²) in [6, 6.07) is 6.96. The number of fused-ring (bicyclic) bond motifs is 2. The summed E-state index contributed by atoms with van der Waals surface area (Å²) in [4.78, 5) is 4.35. The SMILES string of the molecule is CC1(C)[C@@H]2CC[C@](C)(C2)[C@@H]1OC[C@H](O)CN1CCN(c2ccccc2F)CC1. The lowest BCUT2D eigenvalue weighted by Crippen LogP contribution is -2.50. The van der Waals surface area contributed by atoms with Gasteiger partial charge < -0.3 is 14.7 Å². The zero-order valence-corrected chi connectivity index (χ0v) is 17.5. The van der Waals surface area contributed by atoms with E-state index in [9.17, 15) is 9.50 Å². The van der Waals surface area contributed by atoms with Gasteiger partial charge >= 0.3 is 0 Å². The van der Waals surface area contributed by atoms with Crippen LogP contribution in [0.3, 0.4) is 0 Å². The lowest BCUT2D eigenvalue weighted by atomic mass is 9.70. The molecule has 0 aromatic heterocycles. The highest BCUT2D eigenvalue weighted by Crippen LogP contribution is 2.63. The number of β-amino-alcohol motifs (C(OH)–C–C–N with tert-alkyl or cyclic N) is 1. The van der Waals surface area contributed by atoms with Crippen LogP contribution in [0.2, 0.25) is 0 Å². The molecule has 1 N–H and O–H groups in total. The Hall–Kier alpha value is -1.17. The highest BCUT2D eigenvalue weighted by Gasteiger charge is 2.60. The average molecular weight is 391 g/mol. The smallest absolute Gasteiger partial charge is 0.146 e. The minimum Gasteiger partial charge on any atom is -0.389 e. The molecule has 0 amide bonds. The number of para-hydroxylation sites is 1. The Labute approximate surface area is 168 Å². The summed E-state index contributed by atoms with van der Waals surface area (Å²) in [6.45, 7) is 11.3. The van der Waals surface area contributed by atoms with Gasteiger partial charge in [-0.25, -0.2) is 4.39 Å². The number of halogens is 1. The molecule has 1 aromatic carbocycles. The van der Waals surface area contributed by atoms with Gasteiger partial charge in [0.05, 0.1) is 24.5 Å². The number of piperazine rings is 1. The summed E-state index contributed by atoms with van der Waals surface area (Å²) in [7, 11) is 0. The van der Waals surface area contributed by atoms with Crippen LogP contribution >= 0.6 is 0 Å². The molecule has 0 radical (unpaired) electrons. The lowest BCUT2D eigenvalue weighted by molar-refractivity contribution is -0.113. The first-order chi connectivity index (χ1) is 13.3. The third-order valence-corrected chi connectivity index (χ3v) is 7.63. The number of benzene rings is 1. The van der Waals surface area contributed by atoms with Crippen LogP contribution < -0.4 is 4.90 Å². The molecule has 2 saturated carbocycles. The van der Waals surface area contributed by atoms with E-state index in [4.69, 9.17) is 4.74 Å². The van der Waals surface area contributed by atoms with Crippen molar-refractivity contribution in [1.29, 1.82) is 0 Å². The van der Waals surface area contributed by atoms with Crippen LogP contribution in [-0.4, -0.2) is 61.5 Å². The number of ether oxygens (including phenoxy) is 1. The minimum absolute atomic E-state index is 0.161. The maximum atomic E-state index is 14.0. The van der Waals surface area contributed by atoms with E-state index < -0.39 is 6.10 Å². The van der Waals surface area contributed by atoms with E-state index >= 15 is 0 Å². The van der Waals surface area contributed by atoms with Crippen LogP contribution in [0.25, 0.3) is 0 Å². The summed E-state index contributed by atoms with van der Waals surface area (Å²) in [5.41, 5.74) is 1.16. The fourth-order valence-corrected chi connectivity index (χ4v) is 6.11. The quantitative estimate of drug-likeness (QED) is 0.806. The Morgan fingerprint density at radius 2 is 1.89 bits per heavy atom. The third-order valence-electron chi connectivity index (χ3n) is 7.63. The number of aliphatic hydroxyl groups excluding tert-OH is 1. The van der Waals surface area contributed by atoms with Gasteiger partial charge in [0, 0.05) is 32.7 Å². The molecule has 2 bridgehead atoms. The van der Waals surface area contributed by atoms with Gasteiger partial charge in [-0.05, 0) is 48.1 Å². The highest BCUT2D eigenvalue weighted by molar-refractivity contribution is 5.47. The first kappa shape index (κ1) is 20.1. The average Bonchev–Trinajstić information content (AvgIpc) is 3.14. The van der Waals surface area contributed by atoms with Gasteiger partial charge in [-0.1, -0.05) is 32.9 Å². The van der Waals surface area contributed by atoms with E-state index in [1.807, 2.05) is 12.1 Å². The Bertz CT molecular complexity index is 684. The number of hydrogen-bond donors (Lipinski definition) is 1. The van der Waals surface area contributed by atoms with E-state index in [-0.39, 0.29) is 22.8 Å². The Morgan fingerprint density at radius 3 is 2.54 bits per heavy atom. The molecule has 1 aromatic rings. The van der Waals surface area contributed by atoms with Gasteiger partial charge in [-0.2, -0.15) is 0 Å². The molecule has 4 nitrogen and oxygen atoms in total. The van der Waals surface area contributed by atoms with Gasteiger partial charge in [0.15, 0.2) is 0 Å². The molecule has 3 fully saturated rings. The van der Waals surface area contributed by atoms with Crippen molar-refractivity contribution in [3.8, 4) is 0 Å². The summed E-state index contributed by atoms with van der Waals surface area (Å²) in [6.07, 6.45) is 3.60. The van der Waals surface area contributed by atoms with E-state index in [1.54, 1.807) is 6.07 Å². The van der Waals surface area contributed by atoms with Gasteiger partial charge in [-0.15, -0.1) is 0 Å². The van der Waals surface area contributed by atoms with Crippen LogP contribution in [0.15, 0.2) is 24.3 Å². The van der Waals surface area contributed by atoms with Crippen molar-refractivity contribution < 1.29 is 14.2 Å². The van der Waals surface area contributed by atoms with Crippen LogP contribution in [-0.2, 0) is 4.74 Å². The predicted molar refractivity (Wildman–Crippen MR) is 110 cm³/mol. The number of nitrogens with zero attached hydrogens (tertiary/aromatic N) is 2. The van der Waals surface area contributed by atoms with Crippen LogP contribution in [0.1, 0.15) is 40.0 Å². The summed E-state index contributed by atoms with van der Waals surface area (Å²) in [5.74, 6) is 0.595. The van der Waals surface area contributed by atoms with Crippen LogP contribution in [0, 0.1) is 22.6 Å². The van der Waals surface area contributed by atoms with Crippen LogP contribution in [0.5, 0.6) is 0 Å². The van der Waals surface area contributed by atoms with Gasteiger partial charge in [0.2, 0.25) is 0 Å². The molecular formula is C23H35FN2O2. The van der Waals surface area contributed by atoms with Crippen molar-refractivity contribution in [3.63, 3.8) is 0 Å². The van der Waals surface area contributed by atoms with E-state index in [1.165, 1.54) is 25.3 Å². The molecule has 156 valence electrons. The molecule has 1 saturated heterocycles. The van der Waals surface area contributed by atoms with Gasteiger partial charge in [-0.3, -0.25) is 4.90 Å². The van der Waals surface area contributed by atoms with Gasteiger partial charge in [0.25, 0.3) is 0 Å². The molecule has 1 aliphatic heterocycles. The monoisotopic (exact) mass is 390 g/mol. The summed E-state index contributed by atoms with van der Waals surface area (Å²) < 4.78 is 20.3. The molecule has 5 heteroatoms. The first-order valence-electron chi connectivity index (χ1n) is 10.8. The number of rotatable bonds is 6.